The summed E-state index contributed by atoms with van der Waals surface area (Å²) in [5.41, 5.74) is 6.26. The standard InChI is InChI=1S/C10H21N3O/c1-9(8-10(2)14)13-7-6-12-5-3-4-11/h8,12-13H,3-7,11H2,1-2H3/b9-8+. The van der Waals surface area contributed by atoms with Gasteiger partial charge in [0.25, 0.3) is 0 Å². The molecule has 0 amide bonds. The lowest BCUT2D eigenvalue weighted by molar-refractivity contribution is -0.112. The average molecular weight is 199 g/mol. The Bertz CT molecular complexity index is 190. The van der Waals surface area contributed by atoms with Crippen molar-refractivity contribution in [2.24, 2.45) is 5.73 Å². The van der Waals surface area contributed by atoms with Gasteiger partial charge in [0.05, 0.1) is 0 Å². The van der Waals surface area contributed by atoms with Gasteiger partial charge < -0.3 is 16.4 Å². The molecule has 0 aromatic heterocycles. The number of hydrogen-bond acceptors (Lipinski definition) is 4. The Kier molecular flexibility index (Phi) is 8.17. The Morgan fingerprint density at radius 3 is 2.57 bits per heavy atom. The average Bonchev–Trinajstić information content (AvgIpc) is 2.10. The predicted octanol–water partition coefficient (Wildman–Crippen LogP) is 0.00720. The largest absolute Gasteiger partial charge is 0.387 e. The zero-order valence-electron chi connectivity index (χ0n) is 9.10. The van der Waals surface area contributed by atoms with Crippen molar-refractivity contribution in [3.63, 3.8) is 0 Å². The molecule has 0 atom stereocenters. The van der Waals surface area contributed by atoms with E-state index in [1.807, 2.05) is 6.92 Å². The molecule has 0 unspecified atom stereocenters. The highest BCUT2D eigenvalue weighted by Gasteiger charge is 1.91. The summed E-state index contributed by atoms with van der Waals surface area (Å²) >= 11 is 0. The fraction of sp³-hybridized carbons (Fsp3) is 0.700. The first kappa shape index (κ1) is 13.1. The van der Waals surface area contributed by atoms with Crippen LogP contribution in [0.5, 0.6) is 0 Å². The monoisotopic (exact) mass is 199 g/mol. The van der Waals surface area contributed by atoms with Crippen LogP contribution in [0.3, 0.4) is 0 Å². The summed E-state index contributed by atoms with van der Waals surface area (Å²) in [6.07, 6.45) is 2.60. The molecule has 0 aliphatic heterocycles. The molecule has 0 radical (unpaired) electrons. The Morgan fingerprint density at radius 2 is 2.00 bits per heavy atom. The second-order valence-corrected chi connectivity index (χ2v) is 3.26. The molecule has 4 heteroatoms. The van der Waals surface area contributed by atoms with Gasteiger partial charge in [0.15, 0.2) is 5.78 Å². The van der Waals surface area contributed by atoms with Crippen LogP contribution in [0.1, 0.15) is 20.3 Å². The van der Waals surface area contributed by atoms with Crippen molar-refractivity contribution >= 4 is 5.78 Å². The summed E-state index contributed by atoms with van der Waals surface area (Å²) in [4.78, 5) is 10.7. The predicted molar refractivity (Wildman–Crippen MR) is 59.0 cm³/mol. The fourth-order valence-electron chi connectivity index (χ4n) is 1.06. The number of allylic oxidation sites excluding steroid dienone is 2. The maximum Gasteiger partial charge on any atom is 0.154 e. The van der Waals surface area contributed by atoms with Gasteiger partial charge in [-0.25, -0.2) is 0 Å². The maximum absolute atomic E-state index is 10.7. The lowest BCUT2D eigenvalue weighted by Crippen LogP contribution is -2.28. The quantitative estimate of drug-likeness (QED) is 0.380. The molecule has 4 N–H and O–H groups in total. The summed E-state index contributed by atoms with van der Waals surface area (Å²) in [5.74, 6) is 0.0751. The van der Waals surface area contributed by atoms with Gasteiger partial charge in [0.2, 0.25) is 0 Å². The summed E-state index contributed by atoms with van der Waals surface area (Å²) in [6.45, 7) is 6.84. The van der Waals surface area contributed by atoms with E-state index in [0.29, 0.717) is 0 Å². The SMILES string of the molecule is CC(=O)/C=C(\C)NCCNCCCN. The molecule has 0 heterocycles. The van der Waals surface area contributed by atoms with Crippen LogP contribution in [0.2, 0.25) is 0 Å². The minimum absolute atomic E-state index is 0.0751. The normalized spacial score (nSPS) is 11.5. The highest BCUT2D eigenvalue weighted by molar-refractivity contribution is 5.87. The van der Waals surface area contributed by atoms with Crippen molar-refractivity contribution in [3.05, 3.63) is 11.8 Å². The molecule has 4 nitrogen and oxygen atoms in total. The van der Waals surface area contributed by atoms with Gasteiger partial charge in [0.1, 0.15) is 0 Å². The van der Waals surface area contributed by atoms with Gasteiger partial charge in [-0.15, -0.1) is 0 Å². The fourth-order valence-corrected chi connectivity index (χ4v) is 1.06. The van der Waals surface area contributed by atoms with E-state index in [2.05, 4.69) is 10.6 Å². The number of carbonyl (C=O) groups is 1. The van der Waals surface area contributed by atoms with Crippen LogP contribution < -0.4 is 16.4 Å². The first-order valence-corrected chi connectivity index (χ1v) is 5.00. The summed E-state index contributed by atoms with van der Waals surface area (Å²) < 4.78 is 0. The van der Waals surface area contributed by atoms with Crippen LogP contribution in [0.25, 0.3) is 0 Å². The van der Waals surface area contributed by atoms with Crippen molar-refractivity contribution in [1.29, 1.82) is 0 Å². The number of rotatable bonds is 8. The van der Waals surface area contributed by atoms with Crippen LogP contribution in [-0.4, -0.2) is 32.0 Å². The van der Waals surface area contributed by atoms with E-state index in [9.17, 15) is 4.79 Å². The van der Waals surface area contributed by atoms with Crippen LogP contribution in [0, 0.1) is 0 Å². The molecule has 0 fully saturated rings. The van der Waals surface area contributed by atoms with Gasteiger partial charge in [0, 0.05) is 18.8 Å². The first-order valence-electron chi connectivity index (χ1n) is 5.00. The summed E-state index contributed by atoms with van der Waals surface area (Å²) in [6, 6.07) is 0. The molecule has 0 aromatic rings. The molecule has 0 aliphatic rings. The molecule has 0 saturated carbocycles. The number of hydrogen-bond donors (Lipinski definition) is 3. The Balaban J connectivity index is 3.31. The number of nitrogens with one attached hydrogen (secondary N) is 2. The third-order valence-electron chi connectivity index (χ3n) is 1.68. The molecule has 0 spiro atoms. The highest BCUT2D eigenvalue weighted by Crippen LogP contribution is 1.85. The molecule has 82 valence electrons. The third-order valence-corrected chi connectivity index (χ3v) is 1.68. The molecule has 0 aliphatic carbocycles. The zero-order valence-corrected chi connectivity index (χ0v) is 9.10. The summed E-state index contributed by atoms with van der Waals surface area (Å²) in [7, 11) is 0. The number of ketones is 1. The van der Waals surface area contributed by atoms with Crippen LogP contribution >= 0.6 is 0 Å². The van der Waals surface area contributed by atoms with E-state index in [0.717, 1.165) is 38.3 Å². The Morgan fingerprint density at radius 1 is 1.29 bits per heavy atom. The van der Waals surface area contributed by atoms with E-state index >= 15 is 0 Å². The van der Waals surface area contributed by atoms with E-state index in [1.165, 1.54) is 0 Å². The Hall–Kier alpha value is -0.870. The molecular weight excluding hydrogens is 178 g/mol. The lowest BCUT2D eigenvalue weighted by Gasteiger charge is -2.06. The minimum atomic E-state index is 0.0751. The van der Waals surface area contributed by atoms with Crippen LogP contribution in [-0.2, 0) is 4.79 Å². The molecular formula is C10H21N3O. The van der Waals surface area contributed by atoms with Gasteiger partial charge in [-0.1, -0.05) is 0 Å². The van der Waals surface area contributed by atoms with Crippen molar-refractivity contribution in [2.45, 2.75) is 20.3 Å². The van der Waals surface area contributed by atoms with Gasteiger partial charge in [-0.2, -0.15) is 0 Å². The highest BCUT2D eigenvalue weighted by atomic mass is 16.1. The zero-order chi connectivity index (χ0) is 10.8. The molecule has 0 bridgehead atoms. The maximum atomic E-state index is 10.7. The number of carbonyl (C=O) groups excluding carboxylic acids is 1. The minimum Gasteiger partial charge on any atom is -0.387 e. The van der Waals surface area contributed by atoms with Crippen molar-refractivity contribution in [1.82, 2.24) is 10.6 Å². The van der Waals surface area contributed by atoms with Crippen molar-refractivity contribution < 1.29 is 4.79 Å². The first-order chi connectivity index (χ1) is 6.66. The van der Waals surface area contributed by atoms with Crippen LogP contribution in [0.15, 0.2) is 11.8 Å². The van der Waals surface area contributed by atoms with Gasteiger partial charge in [-0.05, 0) is 39.4 Å². The molecule has 0 aromatic carbocycles. The second-order valence-electron chi connectivity index (χ2n) is 3.26. The van der Waals surface area contributed by atoms with E-state index < -0.39 is 0 Å². The van der Waals surface area contributed by atoms with E-state index in [1.54, 1.807) is 13.0 Å². The van der Waals surface area contributed by atoms with Crippen molar-refractivity contribution in [2.75, 3.05) is 26.2 Å². The smallest absolute Gasteiger partial charge is 0.154 e. The van der Waals surface area contributed by atoms with E-state index in [-0.39, 0.29) is 5.78 Å². The van der Waals surface area contributed by atoms with Gasteiger partial charge in [-0.3, -0.25) is 4.79 Å². The molecule has 0 rings (SSSR count). The van der Waals surface area contributed by atoms with Gasteiger partial charge >= 0.3 is 0 Å². The van der Waals surface area contributed by atoms with Crippen LogP contribution in [0.4, 0.5) is 0 Å². The molecule has 14 heavy (non-hydrogen) atoms. The second kappa shape index (κ2) is 8.72. The lowest BCUT2D eigenvalue weighted by atomic mass is 10.3. The third kappa shape index (κ3) is 9.22. The summed E-state index contributed by atoms with van der Waals surface area (Å²) in [5, 5.41) is 6.38. The van der Waals surface area contributed by atoms with E-state index in [4.69, 9.17) is 5.73 Å². The number of nitrogens with two attached hydrogens (primary N) is 1. The topological polar surface area (TPSA) is 67.2 Å². The Labute approximate surface area is 85.9 Å². The van der Waals surface area contributed by atoms with Crippen molar-refractivity contribution in [3.8, 4) is 0 Å². The molecule has 0 saturated heterocycles.